The van der Waals surface area contributed by atoms with Crippen molar-refractivity contribution >= 4 is 12.0 Å². The van der Waals surface area contributed by atoms with Crippen LogP contribution in [0.1, 0.15) is 11.1 Å². The Morgan fingerprint density at radius 2 is 1.79 bits per heavy atom. The summed E-state index contributed by atoms with van der Waals surface area (Å²) in [6.07, 6.45) is 4.48. The summed E-state index contributed by atoms with van der Waals surface area (Å²) in [5, 5.41) is 5.19. The van der Waals surface area contributed by atoms with E-state index in [1.807, 2.05) is 54.6 Å². The van der Waals surface area contributed by atoms with E-state index in [-0.39, 0.29) is 19.1 Å². The van der Waals surface area contributed by atoms with Gasteiger partial charge < -0.3 is 15.4 Å². The second kappa shape index (κ2) is 9.82. The molecule has 3 aromatic rings. The molecule has 0 atom stereocenters. The lowest BCUT2D eigenvalue weighted by Gasteiger charge is -2.09. The molecule has 0 unspecified atom stereocenters. The Labute approximate surface area is 162 Å². The number of rotatable bonds is 7. The number of hydrogen-bond donors (Lipinski definition) is 2. The van der Waals surface area contributed by atoms with Crippen molar-refractivity contribution < 1.29 is 14.3 Å². The van der Waals surface area contributed by atoms with Gasteiger partial charge in [-0.3, -0.25) is 14.8 Å². The van der Waals surface area contributed by atoms with Gasteiger partial charge in [-0.25, -0.2) is 4.79 Å². The third-order valence-electron chi connectivity index (χ3n) is 3.88. The van der Waals surface area contributed by atoms with E-state index in [0.717, 1.165) is 22.4 Å². The Kier molecular flexibility index (Phi) is 6.67. The van der Waals surface area contributed by atoms with Crippen LogP contribution in [0.15, 0.2) is 73.2 Å². The first kappa shape index (κ1) is 19.0. The number of benzene rings is 1. The fraction of sp³-hybridized carbons (Fsp3) is 0.143. The molecule has 0 aliphatic carbocycles. The van der Waals surface area contributed by atoms with Gasteiger partial charge in [0.1, 0.15) is 13.2 Å². The topological polar surface area (TPSA) is 93.2 Å². The Balaban J connectivity index is 1.41. The number of amides is 2. The van der Waals surface area contributed by atoms with E-state index >= 15 is 0 Å². The zero-order valence-electron chi connectivity index (χ0n) is 15.2. The van der Waals surface area contributed by atoms with Gasteiger partial charge in [-0.2, -0.15) is 0 Å². The average Bonchev–Trinajstić information content (AvgIpc) is 2.76. The van der Waals surface area contributed by atoms with Crippen molar-refractivity contribution in [2.45, 2.75) is 13.2 Å². The Bertz CT molecular complexity index is 917. The van der Waals surface area contributed by atoms with Gasteiger partial charge in [0, 0.05) is 30.7 Å². The largest absolute Gasteiger partial charge is 0.445 e. The number of alkyl carbamates (subject to hydrolysis) is 1. The monoisotopic (exact) mass is 376 g/mol. The normalized spacial score (nSPS) is 10.1. The molecule has 0 fully saturated rings. The quantitative estimate of drug-likeness (QED) is 0.661. The third kappa shape index (κ3) is 5.91. The molecule has 7 nitrogen and oxygen atoms in total. The number of ether oxygens (including phenoxy) is 1. The predicted octanol–water partition coefficient (Wildman–Crippen LogP) is 2.69. The second-order valence-corrected chi connectivity index (χ2v) is 5.98. The summed E-state index contributed by atoms with van der Waals surface area (Å²) in [6, 6.07) is 16.8. The molecule has 2 heterocycles. The molecule has 3 rings (SSSR count). The number of nitrogens with one attached hydrogen (secondary N) is 2. The van der Waals surface area contributed by atoms with Gasteiger partial charge >= 0.3 is 6.09 Å². The Hall–Kier alpha value is -3.74. The van der Waals surface area contributed by atoms with Crippen molar-refractivity contribution in [3.63, 3.8) is 0 Å². The van der Waals surface area contributed by atoms with Gasteiger partial charge in [-0.1, -0.05) is 30.3 Å². The minimum Gasteiger partial charge on any atom is -0.445 e. The smallest absolute Gasteiger partial charge is 0.407 e. The molecule has 0 aliphatic rings. The van der Waals surface area contributed by atoms with Crippen LogP contribution in [0.3, 0.4) is 0 Å². The first-order valence-electron chi connectivity index (χ1n) is 8.77. The lowest BCUT2D eigenvalue weighted by Crippen LogP contribution is -2.36. The minimum absolute atomic E-state index is 0.155. The van der Waals surface area contributed by atoms with Crippen molar-refractivity contribution in [3.8, 4) is 11.3 Å². The second-order valence-electron chi connectivity index (χ2n) is 5.98. The van der Waals surface area contributed by atoms with Crippen LogP contribution in [0.5, 0.6) is 0 Å². The standard InChI is InChI=1S/C21H20N4O3/c26-20(14-25-21(27)28-15-16-5-2-1-3-6-16)24-12-17-8-10-23-19(11-17)18-7-4-9-22-13-18/h1-11,13H,12,14-15H2,(H,24,26)(H,25,27). The molecule has 142 valence electrons. The lowest BCUT2D eigenvalue weighted by atomic mass is 10.1. The van der Waals surface area contributed by atoms with Gasteiger partial charge in [0.25, 0.3) is 0 Å². The summed E-state index contributed by atoms with van der Waals surface area (Å²) in [4.78, 5) is 32.0. The van der Waals surface area contributed by atoms with Crippen LogP contribution in [0.4, 0.5) is 4.79 Å². The highest BCUT2D eigenvalue weighted by Crippen LogP contribution is 2.16. The Morgan fingerprint density at radius 3 is 2.57 bits per heavy atom. The van der Waals surface area contributed by atoms with Crippen LogP contribution in [0, 0.1) is 0 Å². The fourth-order valence-electron chi connectivity index (χ4n) is 2.45. The summed E-state index contributed by atoms with van der Waals surface area (Å²) >= 11 is 0. The molecule has 7 heteroatoms. The first-order chi connectivity index (χ1) is 13.7. The number of carbonyl (C=O) groups is 2. The van der Waals surface area contributed by atoms with Crippen LogP contribution in [0.2, 0.25) is 0 Å². The molecule has 0 radical (unpaired) electrons. The number of hydrogen-bond acceptors (Lipinski definition) is 5. The zero-order valence-corrected chi connectivity index (χ0v) is 15.2. The van der Waals surface area contributed by atoms with Crippen LogP contribution >= 0.6 is 0 Å². The van der Waals surface area contributed by atoms with Crippen LogP contribution < -0.4 is 10.6 Å². The van der Waals surface area contributed by atoms with Crippen molar-refractivity contribution in [1.82, 2.24) is 20.6 Å². The summed E-state index contributed by atoms with van der Waals surface area (Å²) in [7, 11) is 0. The first-order valence-corrected chi connectivity index (χ1v) is 8.77. The molecule has 2 N–H and O–H groups in total. The highest BCUT2D eigenvalue weighted by molar-refractivity contribution is 5.82. The number of nitrogens with zero attached hydrogens (tertiary/aromatic N) is 2. The van der Waals surface area contributed by atoms with Crippen LogP contribution in [0.25, 0.3) is 11.3 Å². The van der Waals surface area contributed by atoms with Gasteiger partial charge in [0.2, 0.25) is 5.91 Å². The molecular weight excluding hydrogens is 356 g/mol. The maximum atomic E-state index is 11.9. The van der Waals surface area contributed by atoms with E-state index in [2.05, 4.69) is 20.6 Å². The maximum absolute atomic E-state index is 11.9. The van der Waals surface area contributed by atoms with E-state index in [9.17, 15) is 9.59 Å². The number of pyridine rings is 2. The third-order valence-corrected chi connectivity index (χ3v) is 3.88. The molecule has 0 saturated heterocycles. The van der Waals surface area contributed by atoms with Gasteiger partial charge in [0.05, 0.1) is 5.69 Å². The van der Waals surface area contributed by atoms with Crippen LogP contribution in [-0.4, -0.2) is 28.5 Å². The molecule has 0 saturated carbocycles. The molecule has 0 bridgehead atoms. The van der Waals surface area contributed by atoms with Gasteiger partial charge in [-0.15, -0.1) is 0 Å². The van der Waals surface area contributed by atoms with Crippen LogP contribution in [-0.2, 0) is 22.7 Å². The zero-order chi connectivity index (χ0) is 19.6. The number of carbonyl (C=O) groups excluding carboxylic acids is 2. The van der Waals surface area contributed by atoms with Crippen molar-refractivity contribution in [2.24, 2.45) is 0 Å². The maximum Gasteiger partial charge on any atom is 0.407 e. The van der Waals surface area contributed by atoms with E-state index in [4.69, 9.17) is 4.74 Å². The van der Waals surface area contributed by atoms with E-state index in [0.29, 0.717) is 6.54 Å². The number of aromatic nitrogens is 2. The highest BCUT2D eigenvalue weighted by atomic mass is 16.5. The molecule has 28 heavy (non-hydrogen) atoms. The van der Waals surface area contributed by atoms with E-state index in [1.165, 1.54) is 0 Å². The minimum atomic E-state index is -0.637. The lowest BCUT2D eigenvalue weighted by molar-refractivity contribution is -0.120. The SMILES string of the molecule is O=C(CNC(=O)OCc1ccccc1)NCc1ccnc(-c2cccnc2)c1. The summed E-state index contributed by atoms with van der Waals surface area (Å²) in [5.41, 5.74) is 3.46. The summed E-state index contributed by atoms with van der Waals surface area (Å²) in [6.45, 7) is 0.325. The summed E-state index contributed by atoms with van der Waals surface area (Å²) in [5.74, 6) is -0.309. The van der Waals surface area contributed by atoms with E-state index in [1.54, 1.807) is 18.6 Å². The van der Waals surface area contributed by atoms with Gasteiger partial charge in [0.15, 0.2) is 0 Å². The molecular formula is C21H20N4O3. The molecule has 0 spiro atoms. The molecule has 0 aliphatic heterocycles. The van der Waals surface area contributed by atoms with Crippen molar-refractivity contribution in [3.05, 3.63) is 84.3 Å². The van der Waals surface area contributed by atoms with Gasteiger partial charge in [-0.05, 0) is 35.4 Å². The average molecular weight is 376 g/mol. The van der Waals surface area contributed by atoms with Crippen molar-refractivity contribution in [1.29, 1.82) is 0 Å². The summed E-state index contributed by atoms with van der Waals surface area (Å²) < 4.78 is 5.06. The van der Waals surface area contributed by atoms with E-state index < -0.39 is 6.09 Å². The molecule has 2 amide bonds. The molecule has 1 aromatic carbocycles. The Morgan fingerprint density at radius 1 is 0.929 bits per heavy atom. The highest BCUT2D eigenvalue weighted by Gasteiger charge is 2.07. The fourth-order valence-corrected chi connectivity index (χ4v) is 2.45. The van der Waals surface area contributed by atoms with Crippen molar-refractivity contribution in [2.75, 3.05) is 6.54 Å². The predicted molar refractivity (Wildman–Crippen MR) is 104 cm³/mol. The molecule has 2 aromatic heterocycles.